The van der Waals surface area contributed by atoms with Crippen molar-refractivity contribution in [1.82, 2.24) is 40.9 Å². The van der Waals surface area contributed by atoms with E-state index in [1.54, 1.807) is 0 Å². The zero-order valence-electron chi connectivity index (χ0n) is 58.6. The lowest BCUT2D eigenvalue weighted by atomic mass is 10.0. The first-order valence-corrected chi connectivity index (χ1v) is 34.2. The Morgan fingerprint density at radius 2 is 0.608 bits per heavy atom. The van der Waals surface area contributed by atoms with Crippen LogP contribution in [-0.4, -0.2) is 282 Å². The van der Waals surface area contributed by atoms with Crippen LogP contribution in [0.1, 0.15) is 124 Å². The highest BCUT2D eigenvalue weighted by Gasteiger charge is 2.29. The minimum atomic E-state index is -0.920. The first kappa shape index (κ1) is 87.6. The third-order valence-electron chi connectivity index (χ3n) is 14.8. The van der Waals surface area contributed by atoms with Crippen LogP contribution in [0, 0.1) is 0 Å². The van der Waals surface area contributed by atoms with E-state index < -0.39 is 82.7 Å². The molecular formula is C68H100N8O26. The molecule has 0 unspecified atom stereocenters. The molecule has 34 nitrogen and oxygen atoms in total. The average Bonchev–Trinajstić information content (AvgIpc) is 1.76. The number of imide groups is 4. The number of nitrogens with zero attached hydrogens (tertiary/aromatic N) is 4. The van der Waals surface area contributed by atoms with Crippen molar-refractivity contribution in [3.05, 3.63) is 48.6 Å². The van der Waals surface area contributed by atoms with E-state index in [4.69, 9.17) is 47.7 Å². The van der Waals surface area contributed by atoms with Gasteiger partial charge in [-0.15, -0.1) is 0 Å². The van der Waals surface area contributed by atoms with Gasteiger partial charge in [0, 0.05) is 140 Å². The molecule has 0 spiro atoms. The number of carbonyl (C=O) groups excluding carboxylic acids is 15. The first-order chi connectivity index (χ1) is 48.8. The highest BCUT2D eigenvalue weighted by atomic mass is 16.6. The van der Waals surface area contributed by atoms with Crippen LogP contribution in [0.5, 0.6) is 0 Å². The molecule has 0 fully saturated rings. The molecule has 568 valence electrons. The number of ketones is 2. The fraction of sp³-hybridized carbons (Fsp3) is 0.647. The molecule has 34 heteroatoms. The Morgan fingerprint density at radius 3 is 0.892 bits per heavy atom. The molecule has 0 aromatic rings. The lowest BCUT2D eigenvalue weighted by Crippen LogP contribution is -2.42. The Morgan fingerprint density at radius 1 is 0.343 bits per heavy atom. The number of carboxylic acid groups (broad SMARTS) is 1. The number of amides is 12. The molecule has 12 amide bonds. The molecule has 0 aromatic carbocycles. The lowest BCUT2D eigenvalue weighted by molar-refractivity contribution is -0.156. The van der Waals surface area contributed by atoms with Crippen LogP contribution in [0.25, 0.3) is 0 Å². The maximum atomic E-state index is 13.1. The quantitative estimate of drug-likeness (QED) is 0.0299. The average molecular weight is 1450 g/mol. The number of carboxylic acids is 1. The van der Waals surface area contributed by atoms with Gasteiger partial charge in [0.25, 0.3) is 47.3 Å². The van der Waals surface area contributed by atoms with Crippen molar-refractivity contribution in [2.24, 2.45) is 0 Å². The summed E-state index contributed by atoms with van der Waals surface area (Å²) in [5.41, 5.74) is -0.521. The number of carbonyl (C=O) groups is 16. The summed E-state index contributed by atoms with van der Waals surface area (Å²) in [5.74, 6) is -7.08. The molecule has 4 aliphatic rings. The van der Waals surface area contributed by atoms with E-state index in [1.807, 2.05) is 20.8 Å². The SMILES string of the molecule is CC(C)(C)OC(=O)CCOCCOCCOCCOCCCC(=O)[C@H](CCCCNC(=O)CCN1C(=O)C=CC1=O)NC(=O)CCN1C(=O)C=CC1=O.O=C(O)CCOCCOCCOCCOCCCC(=O)[C@H](CCCCNC(=O)CCN1C(=O)C=CC1=O)NC(=O)CCN1C(=O)C=CC1=O. The molecule has 2 atom stereocenters. The van der Waals surface area contributed by atoms with Crippen LogP contribution < -0.4 is 21.3 Å². The number of rotatable bonds is 58. The van der Waals surface area contributed by atoms with E-state index >= 15 is 0 Å². The normalized spacial score (nSPS) is 14.7. The maximum Gasteiger partial charge on any atom is 0.308 e. The molecule has 0 aromatic heterocycles. The molecule has 0 saturated heterocycles. The highest BCUT2D eigenvalue weighted by molar-refractivity contribution is 6.15. The van der Waals surface area contributed by atoms with Gasteiger partial charge >= 0.3 is 11.9 Å². The monoisotopic (exact) mass is 1440 g/mol. The molecule has 4 aliphatic heterocycles. The summed E-state index contributed by atoms with van der Waals surface area (Å²) < 4.78 is 48.4. The van der Waals surface area contributed by atoms with Crippen molar-refractivity contribution in [1.29, 1.82) is 0 Å². The molecule has 102 heavy (non-hydrogen) atoms. The molecule has 0 bridgehead atoms. The summed E-state index contributed by atoms with van der Waals surface area (Å²) in [4.78, 5) is 195. The molecule has 4 rings (SSSR count). The molecule has 4 heterocycles. The van der Waals surface area contributed by atoms with Crippen LogP contribution in [0.4, 0.5) is 0 Å². The molecule has 0 aliphatic carbocycles. The smallest absolute Gasteiger partial charge is 0.308 e. The maximum absolute atomic E-state index is 13.1. The Labute approximate surface area is 592 Å². The van der Waals surface area contributed by atoms with Crippen molar-refractivity contribution in [3.63, 3.8) is 0 Å². The van der Waals surface area contributed by atoms with Crippen LogP contribution in [0.3, 0.4) is 0 Å². The third-order valence-corrected chi connectivity index (χ3v) is 14.8. The fourth-order valence-electron chi connectivity index (χ4n) is 9.48. The van der Waals surface area contributed by atoms with E-state index in [0.29, 0.717) is 157 Å². The highest BCUT2D eigenvalue weighted by Crippen LogP contribution is 2.13. The molecule has 0 saturated carbocycles. The van der Waals surface area contributed by atoms with E-state index in [-0.39, 0.29) is 120 Å². The third kappa shape index (κ3) is 40.1. The summed E-state index contributed by atoms with van der Waals surface area (Å²) in [5, 5.41) is 19.4. The van der Waals surface area contributed by atoms with Crippen molar-refractivity contribution in [2.75, 3.05) is 145 Å². The fourth-order valence-corrected chi connectivity index (χ4v) is 9.48. The van der Waals surface area contributed by atoms with Crippen molar-refractivity contribution < 1.29 is 124 Å². The van der Waals surface area contributed by atoms with Crippen LogP contribution in [-0.2, 0) is 119 Å². The van der Waals surface area contributed by atoms with Crippen LogP contribution in [0.2, 0.25) is 0 Å². The second-order valence-electron chi connectivity index (χ2n) is 24.1. The van der Waals surface area contributed by atoms with Crippen LogP contribution >= 0.6 is 0 Å². The summed E-state index contributed by atoms with van der Waals surface area (Å²) in [6.45, 7) is 10.8. The van der Waals surface area contributed by atoms with Gasteiger partial charge in [-0.3, -0.25) is 96.3 Å². The van der Waals surface area contributed by atoms with Crippen molar-refractivity contribution >= 4 is 94.4 Å². The van der Waals surface area contributed by atoms with Gasteiger partial charge in [-0.1, -0.05) is 0 Å². The topological polar surface area (TPSA) is 437 Å². The van der Waals surface area contributed by atoms with E-state index in [9.17, 15) is 76.7 Å². The van der Waals surface area contributed by atoms with Gasteiger partial charge < -0.3 is 69.0 Å². The molecule has 5 N–H and O–H groups in total. The van der Waals surface area contributed by atoms with Gasteiger partial charge in [0.15, 0.2) is 11.6 Å². The van der Waals surface area contributed by atoms with Gasteiger partial charge in [0.1, 0.15) is 5.60 Å². The number of ether oxygens (including phenoxy) is 9. The summed E-state index contributed by atoms with van der Waals surface area (Å²) in [6.07, 6.45) is 12.6. The van der Waals surface area contributed by atoms with Crippen LogP contribution in [0.15, 0.2) is 48.6 Å². The van der Waals surface area contributed by atoms with Gasteiger partial charge in [-0.05, 0) is 72.1 Å². The number of nitrogens with one attached hydrogen (secondary N) is 4. The number of esters is 1. The zero-order chi connectivity index (χ0) is 74.9. The van der Waals surface area contributed by atoms with Gasteiger partial charge in [-0.25, -0.2) is 0 Å². The summed E-state index contributed by atoms with van der Waals surface area (Å²) >= 11 is 0. The Balaban J connectivity index is 0.000000532. The summed E-state index contributed by atoms with van der Waals surface area (Å²) in [7, 11) is 0. The van der Waals surface area contributed by atoms with Crippen molar-refractivity contribution in [2.45, 2.75) is 141 Å². The minimum absolute atomic E-state index is 0.0203. The zero-order valence-corrected chi connectivity index (χ0v) is 58.6. The minimum Gasteiger partial charge on any atom is -0.481 e. The second kappa shape index (κ2) is 51.5. The van der Waals surface area contributed by atoms with Gasteiger partial charge in [0.05, 0.1) is 117 Å². The number of Topliss-reactive ketones (excluding diaryl/α,β-unsaturated/α-hetero) is 2. The number of aliphatic carboxylic acids is 1. The standard InChI is InChI=1S/C36H54N4O13.C32H46N4O13/c1-36(2,3)53-35(48)15-20-50-22-24-52-26-25-51-23-21-49-19-6-8-28(41)27(38-30(43)14-18-40-33(46)11-12-34(40)47)7-4-5-16-37-29(42)13-17-39-31(44)9-10-32(39)45;37-25(5-3-16-46-18-20-48-22-23-49-21-19-47-17-12-32(44)45)24(34-27(39)11-15-36-30(42)8-9-31(36)43)4-1-2-13-33-26(38)10-14-35-28(40)6-7-29(35)41/h9-12,27H,4-8,13-26H2,1-3H3,(H,37,42)(H,38,43);6-9,24H,1-5,10-23H2,(H,33,38)(H,34,39)(H,44,45)/t27-;24-/m00/s1. The largest absolute Gasteiger partial charge is 0.481 e. The number of unbranched alkanes of at least 4 members (excludes halogenated alkanes) is 2. The van der Waals surface area contributed by atoms with Crippen molar-refractivity contribution in [3.8, 4) is 0 Å². The summed E-state index contributed by atoms with van der Waals surface area (Å²) in [6, 6.07) is -1.61. The number of hydrogen-bond acceptors (Lipinski definition) is 25. The molecular weight excluding hydrogens is 1340 g/mol. The van der Waals surface area contributed by atoms with E-state index in [0.717, 1.165) is 68.2 Å². The lowest BCUT2D eigenvalue weighted by Gasteiger charge is -2.19. The Kier molecular flexibility index (Phi) is 44.2. The Hall–Kier alpha value is -8.64. The predicted molar refractivity (Wildman–Crippen MR) is 357 cm³/mol. The number of hydrogen-bond donors (Lipinski definition) is 5. The first-order valence-electron chi connectivity index (χ1n) is 34.2. The van der Waals surface area contributed by atoms with E-state index in [1.165, 1.54) is 0 Å². The van der Waals surface area contributed by atoms with E-state index in [2.05, 4.69) is 21.3 Å². The predicted octanol–water partition coefficient (Wildman–Crippen LogP) is -0.186. The van der Waals surface area contributed by atoms with Gasteiger partial charge in [0.2, 0.25) is 23.6 Å². The second-order valence-corrected chi connectivity index (χ2v) is 24.1. The Bertz CT molecular complexity index is 2850. The molecule has 0 radical (unpaired) electrons. The van der Waals surface area contributed by atoms with Gasteiger partial charge in [-0.2, -0.15) is 0 Å².